The number of benzene rings is 2. The second-order valence-electron chi connectivity index (χ2n) is 4.91. The number of hydrogen-bond donors (Lipinski definition) is 5. The molecule has 0 aromatic heterocycles. The molecule has 0 aliphatic rings. The van der Waals surface area contributed by atoms with Crippen LogP contribution in [0.25, 0.3) is 0 Å². The molecular weight excluding hydrogens is 427 g/mol. The Balaban J connectivity index is 0.000000514. The third-order valence-corrected chi connectivity index (χ3v) is 4.81. The summed E-state index contributed by atoms with van der Waals surface area (Å²) < 4.78 is 64.7. The van der Waals surface area contributed by atoms with Crippen LogP contribution in [0.5, 0.6) is 5.75 Å². The third-order valence-electron chi connectivity index (χ3n) is 3.03. The molecule has 2 aromatic carbocycles. The predicted octanol–water partition coefficient (Wildman–Crippen LogP) is 0.357. The molecule has 0 aliphatic heterocycles. The normalized spacial score (nSPS) is 10.8. The van der Waals surface area contributed by atoms with Gasteiger partial charge >= 0.3 is 5.97 Å². The summed E-state index contributed by atoms with van der Waals surface area (Å²) in [6, 6.07) is 6.67. The molecule has 0 unspecified atom stereocenters. The van der Waals surface area contributed by atoms with E-state index >= 15 is 0 Å². The summed E-state index contributed by atoms with van der Waals surface area (Å²) in [5.41, 5.74) is 10.7. The van der Waals surface area contributed by atoms with Gasteiger partial charge in [0.15, 0.2) is 0 Å². The van der Waals surface area contributed by atoms with Crippen molar-refractivity contribution in [2.45, 2.75) is 9.79 Å². The molecule has 14 heteroatoms. The molecule has 1 radical (unpaired) electrons. The maximum Gasteiger partial charge on any atom is 0.335 e. The van der Waals surface area contributed by atoms with Crippen LogP contribution in [0.1, 0.15) is 10.4 Å². The summed E-state index contributed by atoms with van der Waals surface area (Å²) in [4.78, 5) is 9.29. The van der Waals surface area contributed by atoms with E-state index in [9.17, 15) is 21.6 Å². The van der Waals surface area contributed by atoms with Crippen molar-refractivity contribution in [2.75, 3.05) is 18.6 Å². The number of nitrogens with two attached hydrogens (primary N) is 2. The minimum atomic E-state index is -4.50. The topological polar surface area (TPSA) is 207 Å². The van der Waals surface area contributed by atoms with Crippen molar-refractivity contribution in [3.8, 4) is 5.75 Å². The first-order valence-electron chi connectivity index (χ1n) is 6.78. The number of methoxy groups -OCH3 is 1. The van der Waals surface area contributed by atoms with Crippen molar-refractivity contribution in [3.63, 3.8) is 0 Å². The van der Waals surface area contributed by atoms with Gasteiger partial charge in [0.05, 0.1) is 28.9 Å². The van der Waals surface area contributed by atoms with Crippen molar-refractivity contribution in [3.05, 3.63) is 42.0 Å². The maximum atomic E-state index is 10.7. The Hall–Kier alpha value is -1.87. The van der Waals surface area contributed by atoms with E-state index in [1.807, 2.05) is 0 Å². The quantitative estimate of drug-likeness (QED) is 0.247. The minimum Gasteiger partial charge on any atom is -0.495 e. The summed E-state index contributed by atoms with van der Waals surface area (Å²) in [5.74, 6) is -0.510. The zero-order valence-electron chi connectivity index (χ0n) is 14.7. The number of hydrogen-bond acceptors (Lipinski definition) is 8. The van der Waals surface area contributed by atoms with Crippen LogP contribution < -0.4 is 16.2 Å². The number of carboxylic acid groups (broad SMARTS) is 1. The SMILES string of the molecule is COc1ccc(C(=O)O)cc1N.Nc1cc(S(=O)(=O)O)ccc1S(=O)(=O)O.[Na]. The summed E-state index contributed by atoms with van der Waals surface area (Å²) in [7, 11) is -7.46. The van der Waals surface area contributed by atoms with E-state index in [0.717, 1.165) is 18.2 Å². The summed E-state index contributed by atoms with van der Waals surface area (Å²) in [5, 5.41) is 8.58. The second-order valence-corrected chi connectivity index (χ2v) is 7.72. The molecule has 0 aliphatic carbocycles. The van der Waals surface area contributed by atoms with Crippen molar-refractivity contribution < 1.29 is 40.6 Å². The molecule has 11 nitrogen and oxygen atoms in total. The summed E-state index contributed by atoms with van der Waals surface area (Å²) in [6.45, 7) is 0. The molecule has 0 bridgehead atoms. The molecule has 28 heavy (non-hydrogen) atoms. The van der Waals surface area contributed by atoms with Crippen molar-refractivity contribution in [1.82, 2.24) is 0 Å². The van der Waals surface area contributed by atoms with Gasteiger partial charge in [-0.3, -0.25) is 9.11 Å². The van der Waals surface area contributed by atoms with Crippen LogP contribution in [0.15, 0.2) is 46.2 Å². The number of nitrogen functional groups attached to an aromatic ring is 2. The summed E-state index contributed by atoms with van der Waals surface area (Å²) in [6.07, 6.45) is 0. The molecule has 2 rings (SSSR count). The number of carboxylic acids is 1. The van der Waals surface area contributed by atoms with Gasteiger partial charge in [0.25, 0.3) is 20.2 Å². The van der Waals surface area contributed by atoms with Gasteiger partial charge < -0.3 is 21.3 Å². The average molecular weight is 443 g/mol. The predicted molar refractivity (Wildman–Crippen MR) is 101 cm³/mol. The standard InChI is InChI=1S/C8H9NO3.C6H7NO6S2.Na/c1-12-7-3-2-5(8(10)11)4-6(7)9;7-5-3-4(14(8,9)10)1-2-6(5)15(11,12)13;/h2-4H,9H2,1H3,(H,10,11);1-3H,7H2,(H,8,9,10)(H,11,12,13);. The number of ether oxygens (including phenoxy) is 1. The minimum absolute atomic E-state index is 0. The number of anilines is 2. The molecular formula is C14H16N2NaO9S2. The number of carbonyl (C=O) groups is 1. The average Bonchev–Trinajstić information content (AvgIpc) is 2.53. The van der Waals surface area contributed by atoms with Crippen LogP contribution in [-0.2, 0) is 20.2 Å². The van der Waals surface area contributed by atoms with E-state index < -0.39 is 41.7 Å². The van der Waals surface area contributed by atoms with Crippen LogP contribution in [0, 0.1) is 0 Å². The fourth-order valence-electron chi connectivity index (χ4n) is 1.79. The van der Waals surface area contributed by atoms with Crippen molar-refractivity contribution in [1.29, 1.82) is 0 Å². The van der Waals surface area contributed by atoms with Crippen LogP contribution in [0.4, 0.5) is 11.4 Å². The van der Waals surface area contributed by atoms with Gasteiger partial charge in [-0.15, -0.1) is 0 Å². The second kappa shape index (κ2) is 10.1. The van der Waals surface area contributed by atoms with Crippen molar-refractivity contribution >= 4 is 67.1 Å². The fraction of sp³-hybridized carbons (Fsp3) is 0.0714. The van der Waals surface area contributed by atoms with Gasteiger partial charge in [-0.05, 0) is 36.4 Å². The molecule has 149 valence electrons. The fourth-order valence-corrected chi connectivity index (χ4v) is 2.90. The van der Waals surface area contributed by atoms with Crippen LogP contribution in [-0.4, -0.2) is 73.7 Å². The zero-order valence-corrected chi connectivity index (χ0v) is 18.4. The Bertz CT molecular complexity index is 1070. The van der Waals surface area contributed by atoms with Gasteiger partial charge in [0.2, 0.25) is 0 Å². The molecule has 0 fully saturated rings. The number of aromatic carboxylic acids is 1. The molecule has 7 N–H and O–H groups in total. The molecule has 0 heterocycles. The maximum absolute atomic E-state index is 10.7. The molecule has 0 saturated carbocycles. The van der Waals surface area contributed by atoms with Crippen molar-refractivity contribution in [2.24, 2.45) is 0 Å². The first-order chi connectivity index (χ1) is 12.3. The first kappa shape index (κ1) is 26.1. The molecule has 0 spiro atoms. The molecule has 2 aromatic rings. The molecule has 0 saturated heterocycles. The number of rotatable bonds is 4. The van der Waals surface area contributed by atoms with Gasteiger partial charge in [0, 0.05) is 29.6 Å². The van der Waals surface area contributed by atoms with Gasteiger partial charge in [-0.25, -0.2) is 4.79 Å². The first-order valence-corrected chi connectivity index (χ1v) is 9.66. The van der Waals surface area contributed by atoms with Gasteiger partial charge in [0.1, 0.15) is 10.6 Å². The Morgan fingerprint density at radius 1 is 0.929 bits per heavy atom. The van der Waals surface area contributed by atoms with E-state index in [1.165, 1.54) is 25.3 Å². The molecule has 0 amide bonds. The Kier molecular flexibility index (Phi) is 9.39. The Labute approximate surface area is 183 Å². The Morgan fingerprint density at radius 3 is 1.86 bits per heavy atom. The van der Waals surface area contributed by atoms with Gasteiger partial charge in [-0.2, -0.15) is 16.8 Å². The van der Waals surface area contributed by atoms with E-state index in [4.69, 9.17) is 30.4 Å². The van der Waals surface area contributed by atoms with Crippen LogP contribution in [0.2, 0.25) is 0 Å². The van der Waals surface area contributed by atoms with E-state index in [1.54, 1.807) is 0 Å². The Morgan fingerprint density at radius 2 is 1.50 bits per heavy atom. The largest absolute Gasteiger partial charge is 0.495 e. The third kappa shape index (κ3) is 7.27. The zero-order chi connectivity index (χ0) is 21.0. The van der Waals surface area contributed by atoms with Gasteiger partial charge in [-0.1, -0.05) is 0 Å². The van der Waals surface area contributed by atoms with Crippen LogP contribution in [0.3, 0.4) is 0 Å². The van der Waals surface area contributed by atoms with E-state index in [0.29, 0.717) is 11.4 Å². The molecule has 0 atom stereocenters. The van der Waals surface area contributed by atoms with E-state index in [-0.39, 0.29) is 35.1 Å². The smallest absolute Gasteiger partial charge is 0.335 e. The van der Waals surface area contributed by atoms with Crippen LogP contribution >= 0.6 is 0 Å². The summed E-state index contributed by atoms with van der Waals surface area (Å²) >= 11 is 0. The monoisotopic (exact) mass is 443 g/mol. The van der Waals surface area contributed by atoms with E-state index in [2.05, 4.69) is 0 Å².